The first-order valence-corrected chi connectivity index (χ1v) is 10.0. The summed E-state index contributed by atoms with van der Waals surface area (Å²) in [5.41, 5.74) is 3.26. The molecule has 1 aliphatic heterocycles. The lowest BCUT2D eigenvalue weighted by Gasteiger charge is -2.32. The lowest BCUT2D eigenvalue weighted by atomic mass is 9.95. The minimum absolute atomic E-state index is 0.122. The number of amides is 1. The number of benzene rings is 1. The summed E-state index contributed by atoms with van der Waals surface area (Å²) in [4.78, 5) is 19.7. The van der Waals surface area contributed by atoms with Gasteiger partial charge in [-0.05, 0) is 49.4 Å². The molecule has 0 spiro atoms. The van der Waals surface area contributed by atoms with Crippen LogP contribution in [-0.4, -0.2) is 34.9 Å². The van der Waals surface area contributed by atoms with Crippen LogP contribution in [0.2, 0.25) is 0 Å². The Morgan fingerprint density at radius 1 is 1.15 bits per heavy atom. The van der Waals surface area contributed by atoms with Crippen molar-refractivity contribution in [3.05, 3.63) is 42.6 Å². The summed E-state index contributed by atoms with van der Waals surface area (Å²) in [7, 11) is 0. The first-order chi connectivity index (χ1) is 13.1. The van der Waals surface area contributed by atoms with E-state index in [0.717, 1.165) is 61.3 Å². The van der Waals surface area contributed by atoms with Gasteiger partial charge in [0.2, 0.25) is 5.91 Å². The number of fused-ring (bicyclic) bond motifs is 3. The molecular weight excluding hydrogens is 336 g/mol. The third-order valence-corrected chi connectivity index (χ3v) is 5.53. The van der Waals surface area contributed by atoms with Crippen molar-refractivity contribution in [3.63, 3.8) is 0 Å². The normalized spacial score (nSPS) is 15.7. The summed E-state index contributed by atoms with van der Waals surface area (Å²) in [5, 5.41) is 3.11. The molecule has 4 rings (SSSR count). The highest BCUT2D eigenvalue weighted by Gasteiger charge is 2.26. The van der Waals surface area contributed by atoms with Gasteiger partial charge in [-0.1, -0.05) is 26.0 Å². The van der Waals surface area contributed by atoms with Gasteiger partial charge in [0.25, 0.3) is 0 Å². The monoisotopic (exact) mass is 364 g/mol. The Morgan fingerprint density at radius 2 is 1.89 bits per heavy atom. The zero-order valence-corrected chi connectivity index (χ0v) is 16.2. The van der Waals surface area contributed by atoms with Crippen molar-refractivity contribution >= 4 is 28.3 Å². The molecule has 0 aliphatic carbocycles. The van der Waals surface area contributed by atoms with Gasteiger partial charge in [0, 0.05) is 31.7 Å². The van der Waals surface area contributed by atoms with Crippen molar-refractivity contribution in [1.29, 1.82) is 0 Å². The number of anilines is 1. The van der Waals surface area contributed by atoms with Gasteiger partial charge in [0.15, 0.2) is 5.82 Å². The Kier molecular flexibility index (Phi) is 5.01. The molecule has 1 amide bonds. The zero-order chi connectivity index (χ0) is 18.8. The van der Waals surface area contributed by atoms with Gasteiger partial charge < -0.3 is 14.6 Å². The number of carbonyl (C=O) groups is 1. The van der Waals surface area contributed by atoms with E-state index < -0.39 is 0 Å². The number of para-hydroxylation sites is 2. The van der Waals surface area contributed by atoms with E-state index in [-0.39, 0.29) is 11.8 Å². The van der Waals surface area contributed by atoms with Gasteiger partial charge in [-0.3, -0.25) is 4.79 Å². The highest BCUT2D eigenvalue weighted by atomic mass is 16.1. The van der Waals surface area contributed by atoms with Crippen molar-refractivity contribution in [2.24, 2.45) is 11.8 Å². The second-order valence-corrected chi connectivity index (χ2v) is 7.92. The number of rotatable bonds is 5. The minimum atomic E-state index is 0.122. The van der Waals surface area contributed by atoms with Crippen LogP contribution >= 0.6 is 0 Å². The van der Waals surface area contributed by atoms with Crippen molar-refractivity contribution < 1.29 is 4.79 Å². The maximum absolute atomic E-state index is 12.4. The molecule has 0 radical (unpaired) electrons. The quantitative estimate of drug-likeness (QED) is 0.748. The molecule has 1 N–H and O–H groups in total. The summed E-state index contributed by atoms with van der Waals surface area (Å²) >= 11 is 0. The second-order valence-electron chi connectivity index (χ2n) is 7.92. The van der Waals surface area contributed by atoms with Crippen LogP contribution in [0.1, 0.15) is 33.1 Å². The van der Waals surface area contributed by atoms with E-state index in [9.17, 15) is 4.79 Å². The third-order valence-electron chi connectivity index (χ3n) is 5.53. The van der Waals surface area contributed by atoms with Crippen molar-refractivity contribution in [2.75, 3.05) is 24.5 Å². The molecule has 1 aromatic carbocycles. The number of carbonyl (C=O) groups excluding carboxylic acids is 1. The molecule has 0 atom stereocenters. The van der Waals surface area contributed by atoms with Gasteiger partial charge in [-0.25, -0.2) is 4.98 Å². The Morgan fingerprint density at radius 3 is 2.67 bits per heavy atom. The van der Waals surface area contributed by atoms with Crippen molar-refractivity contribution in [3.8, 4) is 0 Å². The average Bonchev–Trinajstić information content (AvgIpc) is 3.17. The highest BCUT2D eigenvalue weighted by Crippen LogP contribution is 2.29. The number of hydrogen-bond donors (Lipinski definition) is 1. The van der Waals surface area contributed by atoms with Crippen LogP contribution in [0, 0.1) is 11.8 Å². The fourth-order valence-electron chi connectivity index (χ4n) is 3.92. The Hall–Kier alpha value is -2.56. The van der Waals surface area contributed by atoms with E-state index in [2.05, 4.69) is 58.9 Å². The Balaban J connectivity index is 1.48. The SMILES string of the molecule is CC(C)CCNC(=O)C1CCN(c2nc3ccccc3n3cccc23)CC1. The van der Waals surface area contributed by atoms with Crippen LogP contribution in [0.3, 0.4) is 0 Å². The Bertz CT molecular complexity index is 938. The number of nitrogens with zero attached hydrogens (tertiary/aromatic N) is 3. The van der Waals surface area contributed by atoms with Crippen LogP contribution in [0.5, 0.6) is 0 Å². The lowest BCUT2D eigenvalue weighted by Crippen LogP contribution is -2.41. The van der Waals surface area contributed by atoms with Crippen molar-refractivity contribution in [2.45, 2.75) is 33.1 Å². The molecule has 3 heterocycles. The van der Waals surface area contributed by atoms with Crippen molar-refractivity contribution in [1.82, 2.24) is 14.7 Å². The highest BCUT2D eigenvalue weighted by molar-refractivity contribution is 5.85. The van der Waals surface area contributed by atoms with E-state index in [0.29, 0.717) is 5.92 Å². The summed E-state index contributed by atoms with van der Waals surface area (Å²) in [5.74, 6) is 1.99. The predicted octanol–water partition coefficient (Wildman–Crippen LogP) is 3.87. The Labute approximate surface area is 160 Å². The molecule has 142 valence electrons. The third kappa shape index (κ3) is 3.64. The first-order valence-electron chi connectivity index (χ1n) is 10.0. The minimum Gasteiger partial charge on any atom is -0.356 e. The molecule has 1 aliphatic rings. The average molecular weight is 364 g/mol. The van der Waals surface area contributed by atoms with Gasteiger partial charge in [0.05, 0.1) is 16.6 Å². The molecule has 0 bridgehead atoms. The van der Waals surface area contributed by atoms with E-state index in [1.165, 1.54) is 0 Å². The molecule has 1 saturated heterocycles. The molecule has 1 fully saturated rings. The molecule has 0 saturated carbocycles. The topological polar surface area (TPSA) is 49.6 Å². The van der Waals surface area contributed by atoms with Crippen LogP contribution in [0.4, 0.5) is 5.82 Å². The first kappa shape index (κ1) is 17.8. The fraction of sp³-hybridized carbons (Fsp3) is 0.455. The summed E-state index contributed by atoms with van der Waals surface area (Å²) in [6.07, 6.45) is 4.90. The molecule has 5 heteroatoms. The standard InChI is InChI=1S/C22H28N4O/c1-16(2)9-12-23-22(27)17-10-14-25(15-11-17)21-20-8-5-13-26(20)19-7-4-3-6-18(19)24-21/h3-8,13,16-17H,9-12,14-15H2,1-2H3,(H,23,27). The molecular formula is C22H28N4O. The van der Waals surface area contributed by atoms with Gasteiger partial charge in [0.1, 0.15) is 0 Å². The van der Waals surface area contributed by atoms with Crippen LogP contribution < -0.4 is 10.2 Å². The molecule has 3 aromatic rings. The van der Waals surface area contributed by atoms with E-state index >= 15 is 0 Å². The number of aromatic nitrogens is 2. The summed E-state index contributed by atoms with van der Waals surface area (Å²) in [6.45, 7) is 6.89. The smallest absolute Gasteiger partial charge is 0.223 e. The molecule has 27 heavy (non-hydrogen) atoms. The maximum Gasteiger partial charge on any atom is 0.223 e. The molecule has 5 nitrogen and oxygen atoms in total. The lowest BCUT2D eigenvalue weighted by molar-refractivity contribution is -0.125. The fourth-order valence-corrected chi connectivity index (χ4v) is 3.92. The van der Waals surface area contributed by atoms with E-state index in [4.69, 9.17) is 4.98 Å². The molecule has 2 aromatic heterocycles. The van der Waals surface area contributed by atoms with E-state index in [1.54, 1.807) is 0 Å². The number of hydrogen-bond acceptors (Lipinski definition) is 3. The predicted molar refractivity (Wildman–Crippen MR) is 110 cm³/mol. The zero-order valence-electron chi connectivity index (χ0n) is 16.2. The van der Waals surface area contributed by atoms with Crippen LogP contribution in [0.15, 0.2) is 42.6 Å². The maximum atomic E-state index is 12.4. The molecule has 0 unspecified atom stereocenters. The number of piperidine rings is 1. The van der Waals surface area contributed by atoms with Crippen LogP contribution in [0.25, 0.3) is 16.6 Å². The van der Waals surface area contributed by atoms with Gasteiger partial charge >= 0.3 is 0 Å². The van der Waals surface area contributed by atoms with Gasteiger partial charge in [-0.2, -0.15) is 0 Å². The van der Waals surface area contributed by atoms with Gasteiger partial charge in [-0.15, -0.1) is 0 Å². The summed E-state index contributed by atoms with van der Waals surface area (Å²) in [6, 6.07) is 12.4. The summed E-state index contributed by atoms with van der Waals surface area (Å²) < 4.78 is 2.21. The number of nitrogens with one attached hydrogen (secondary N) is 1. The largest absolute Gasteiger partial charge is 0.356 e. The van der Waals surface area contributed by atoms with Crippen LogP contribution in [-0.2, 0) is 4.79 Å². The second kappa shape index (κ2) is 7.59. The van der Waals surface area contributed by atoms with E-state index in [1.807, 2.05) is 12.1 Å².